The van der Waals surface area contributed by atoms with Crippen molar-refractivity contribution in [2.24, 2.45) is 0 Å². The van der Waals surface area contributed by atoms with Gasteiger partial charge in [0.05, 0.1) is 18.5 Å². The monoisotopic (exact) mass is 512 g/mol. The van der Waals surface area contributed by atoms with Crippen molar-refractivity contribution in [3.8, 4) is 5.75 Å². The van der Waals surface area contributed by atoms with E-state index < -0.39 is 10.3 Å². The maximum Gasteiger partial charge on any atom is 0.345 e. The van der Waals surface area contributed by atoms with Gasteiger partial charge >= 0.3 is 5.97 Å². The minimum Gasteiger partial charge on any atom is -0.497 e. The van der Waals surface area contributed by atoms with Gasteiger partial charge in [0.2, 0.25) is 0 Å². The highest BCUT2D eigenvalue weighted by atomic mass is 79.9. The van der Waals surface area contributed by atoms with Crippen LogP contribution in [-0.4, -0.2) is 29.2 Å². The molecule has 150 valence electrons. The van der Waals surface area contributed by atoms with Gasteiger partial charge in [0.25, 0.3) is 5.56 Å². The fourth-order valence-electron chi connectivity index (χ4n) is 3.47. The Morgan fingerprint density at radius 1 is 1.39 bits per heavy atom. The molecule has 0 aliphatic carbocycles. The molecular weight excluding hydrogens is 492 g/mol. The van der Waals surface area contributed by atoms with Gasteiger partial charge in [-0.1, -0.05) is 44.0 Å². The summed E-state index contributed by atoms with van der Waals surface area (Å²) in [7, 11) is 1.63. The Kier molecular flexibility index (Phi) is 6.29. The van der Waals surface area contributed by atoms with Crippen LogP contribution >= 0.6 is 31.9 Å². The summed E-state index contributed by atoms with van der Waals surface area (Å²) >= 11 is 7.67. The number of fused-ring (bicyclic) bond motifs is 1. The predicted octanol–water partition coefficient (Wildman–Crippen LogP) is 4.51. The van der Waals surface area contributed by atoms with E-state index >= 15 is 0 Å². The summed E-state index contributed by atoms with van der Waals surface area (Å²) in [5.41, 5.74) is 0.626. The molecule has 0 saturated heterocycles. The van der Waals surface area contributed by atoms with Crippen molar-refractivity contribution in [3.63, 3.8) is 0 Å². The number of alkyl halides is 2. The number of ether oxygens (including phenoxy) is 2. The van der Waals surface area contributed by atoms with Gasteiger partial charge in [-0.15, -0.1) is 0 Å². The van der Waals surface area contributed by atoms with Crippen molar-refractivity contribution < 1.29 is 14.3 Å². The molecule has 2 aromatic rings. The molecule has 1 aromatic heterocycles. The van der Waals surface area contributed by atoms with Crippen molar-refractivity contribution in [2.45, 2.75) is 41.9 Å². The minimum absolute atomic E-state index is 0.0373. The molecule has 1 aliphatic heterocycles. The maximum atomic E-state index is 13.0. The summed E-state index contributed by atoms with van der Waals surface area (Å²) < 4.78 is 11.2. The number of hydrogen-bond donors (Lipinski definition) is 0. The molecule has 3 atom stereocenters. The maximum absolute atomic E-state index is 13.0. The fourth-order valence-corrected chi connectivity index (χ4v) is 5.00. The summed E-state index contributed by atoms with van der Waals surface area (Å²) in [6.07, 6.45) is 2.87. The minimum atomic E-state index is -0.640. The number of rotatable bonds is 5. The number of carbonyl (C=O) groups is 1. The molecule has 0 spiro atoms. The Labute approximate surface area is 180 Å². The summed E-state index contributed by atoms with van der Waals surface area (Å²) in [6, 6.07) is 7.69. The smallest absolute Gasteiger partial charge is 0.345 e. The number of aromatic nitrogens is 2. The normalized spacial score (nSPS) is 22.2. The van der Waals surface area contributed by atoms with E-state index in [2.05, 4.69) is 36.8 Å². The molecule has 6 nitrogen and oxygen atoms in total. The van der Waals surface area contributed by atoms with Crippen molar-refractivity contribution in [1.29, 1.82) is 0 Å². The quantitative estimate of drug-likeness (QED) is 0.434. The lowest BCUT2D eigenvalue weighted by Crippen LogP contribution is -2.42. The number of esters is 1. The van der Waals surface area contributed by atoms with Crippen LogP contribution in [-0.2, 0) is 9.06 Å². The lowest BCUT2D eigenvalue weighted by molar-refractivity contribution is 0.0522. The summed E-state index contributed by atoms with van der Waals surface area (Å²) in [5, 5.41) is 0. The number of hydrogen-bond acceptors (Lipinski definition) is 5. The van der Waals surface area contributed by atoms with E-state index in [4.69, 9.17) is 9.47 Å². The molecule has 0 bridgehead atoms. The number of methoxy groups -OCH3 is 1. The zero-order valence-corrected chi connectivity index (χ0v) is 19.1. The largest absolute Gasteiger partial charge is 0.497 e. The first-order valence-electron chi connectivity index (χ1n) is 9.09. The first kappa shape index (κ1) is 21.0. The molecule has 28 heavy (non-hydrogen) atoms. The van der Waals surface area contributed by atoms with E-state index in [1.54, 1.807) is 18.6 Å². The van der Waals surface area contributed by atoms with E-state index in [-0.39, 0.29) is 28.6 Å². The predicted molar refractivity (Wildman–Crippen MR) is 114 cm³/mol. The Balaban J connectivity index is 2.07. The van der Waals surface area contributed by atoms with Crippen LogP contribution in [0.2, 0.25) is 0 Å². The van der Waals surface area contributed by atoms with Crippen molar-refractivity contribution >= 4 is 37.8 Å². The Hall–Kier alpha value is -1.67. The first-order valence-corrected chi connectivity index (χ1v) is 10.8. The average Bonchev–Trinajstić information content (AvgIpc) is 2.70. The molecule has 8 heteroatoms. The molecule has 1 aliphatic rings. The van der Waals surface area contributed by atoms with Crippen LogP contribution in [0.4, 0.5) is 0 Å². The second-order valence-corrected chi connectivity index (χ2v) is 9.11. The second-order valence-electron chi connectivity index (χ2n) is 6.78. The van der Waals surface area contributed by atoms with Crippen LogP contribution in [0.25, 0.3) is 0 Å². The Morgan fingerprint density at radius 2 is 2.07 bits per heavy atom. The van der Waals surface area contributed by atoms with Gasteiger partial charge in [-0.2, -0.15) is 0 Å². The van der Waals surface area contributed by atoms with E-state index in [9.17, 15) is 9.59 Å². The number of benzene rings is 1. The third-order valence-electron chi connectivity index (χ3n) is 5.04. The molecule has 0 fully saturated rings. The lowest BCUT2D eigenvalue weighted by atomic mass is 9.88. The van der Waals surface area contributed by atoms with Crippen molar-refractivity contribution in [2.75, 3.05) is 13.7 Å². The zero-order chi connectivity index (χ0) is 20.5. The number of carbonyl (C=O) groups excluding carboxylic acids is 1. The molecule has 1 unspecified atom stereocenters. The number of nitrogens with zero attached hydrogens (tertiary/aromatic N) is 2. The highest BCUT2D eigenvalue weighted by molar-refractivity contribution is 9.12. The van der Waals surface area contributed by atoms with Crippen molar-refractivity contribution in [3.05, 3.63) is 57.8 Å². The van der Waals surface area contributed by atoms with Crippen LogP contribution < -0.4 is 10.3 Å². The SMILES string of the molecule is CCOC(=O)c1cnc2n(c1=O)[C@@H](C)CC[C@@]2(Br)C(Br)c1ccc(OC)cc1. The van der Waals surface area contributed by atoms with Crippen LogP contribution in [0.5, 0.6) is 5.75 Å². The standard InChI is InChI=1S/C20H22Br2N2O4/c1-4-28-18(26)15-11-23-19-20(22,10-9-12(2)24(19)17(15)25)16(21)13-5-7-14(27-3)8-6-13/h5-8,11-12,16H,4,9-10H2,1-3H3/t12-,16?,20+/m0/s1. The lowest BCUT2D eigenvalue weighted by Gasteiger charge is -2.40. The summed E-state index contributed by atoms with van der Waals surface area (Å²) in [4.78, 5) is 29.6. The van der Waals surface area contributed by atoms with E-state index in [1.165, 1.54) is 6.20 Å². The second kappa shape index (κ2) is 8.37. The molecule has 3 rings (SSSR count). The van der Waals surface area contributed by atoms with Gasteiger partial charge in [0.15, 0.2) is 0 Å². The molecule has 1 aromatic carbocycles. The van der Waals surface area contributed by atoms with Gasteiger partial charge in [-0.3, -0.25) is 9.36 Å². The van der Waals surface area contributed by atoms with Crippen LogP contribution in [0, 0.1) is 0 Å². The average molecular weight is 514 g/mol. The van der Waals surface area contributed by atoms with Crippen LogP contribution in [0.3, 0.4) is 0 Å². The molecular formula is C20H22Br2N2O4. The van der Waals surface area contributed by atoms with Gasteiger partial charge in [0, 0.05) is 12.2 Å². The Morgan fingerprint density at radius 3 is 2.68 bits per heavy atom. The van der Waals surface area contributed by atoms with Gasteiger partial charge in [-0.25, -0.2) is 9.78 Å². The van der Waals surface area contributed by atoms with Crippen LogP contribution in [0.1, 0.15) is 59.3 Å². The number of halogens is 2. The van der Waals surface area contributed by atoms with Crippen LogP contribution in [0.15, 0.2) is 35.3 Å². The fraction of sp³-hybridized carbons (Fsp3) is 0.450. The highest BCUT2D eigenvalue weighted by Crippen LogP contribution is 2.53. The molecule has 0 radical (unpaired) electrons. The third kappa shape index (κ3) is 3.64. The molecule has 2 heterocycles. The molecule has 0 saturated carbocycles. The molecule has 0 amide bonds. The summed E-state index contributed by atoms with van der Waals surface area (Å²) in [5.74, 6) is 0.735. The third-order valence-corrected chi connectivity index (χ3v) is 8.17. The van der Waals surface area contributed by atoms with E-state index in [1.807, 2.05) is 31.2 Å². The highest BCUT2D eigenvalue weighted by Gasteiger charge is 2.45. The van der Waals surface area contributed by atoms with Gasteiger partial charge in [-0.05, 0) is 44.4 Å². The molecule has 0 N–H and O–H groups in total. The van der Waals surface area contributed by atoms with Gasteiger partial charge in [0.1, 0.15) is 21.5 Å². The Bertz CT molecular complexity index is 929. The topological polar surface area (TPSA) is 70.4 Å². The first-order chi connectivity index (χ1) is 13.3. The van der Waals surface area contributed by atoms with Gasteiger partial charge < -0.3 is 9.47 Å². The zero-order valence-electron chi connectivity index (χ0n) is 15.9. The van der Waals surface area contributed by atoms with Crippen molar-refractivity contribution in [1.82, 2.24) is 9.55 Å². The van der Waals surface area contributed by atoms with E-state index in [0.717, 1.165) is 24.2 Å². The summed E-state index contributed by atoms with van der Waals surface area (Å²) in [6.45, 7) is 3.88. The van der Waals surface area contributed by atoms with E-state index in [0.29, 0.717) is 5.82 Å².